The van der Waals surface area contributed by atoms with Gasteiger partial charge in [-0.15, -0.1) is 21.5 Å². The van der Waals surface area contributed by atoms with Crippen LogP contribution < -0.4 is 0 Å². The van der Waals surface area contributed by atoms with Crippen molar-refractivity contribution in [3.8, 4) is 10.8 Å². The predicted octanol–water partition coefficient (Wildman–Crippen LogP) is 5.46. The molecule has 130 valence electrons. The summed E-state index contributed by atoms with van der Waals surface area (Å²) in [6, 6.07) is 11.7. The van der Waals surface area contributed by atoms with Gasteiger partial charge in [-0.05, 0) is 29.3 Å². The second-order valence-electron chi connectivity index (χ2n) is 6.80. The first kappa shape index (κ1) is 17.9. The third-order valence-corrected chi connectivity index (χ3v) is 5.61. The van der Waals surface area contributed by atoms with Gasteiger partial charge in [-0.25, -0.2) is 0 Å². The van der Waals surface area contributed by atoms with Gasteiger partial charge >= 0.3 is 0 Å². The van der Waals surface area contributed by atoms with Crippen molar-refractivity contribution in [3.05, 3.63) is 52.9 Å². The highest BCUT2D eigenvalue weighted by Crippen LogP contribution is 2.30. The summed E-state index contributed by atoms with van der Waals surface area (Å²) in [5.41, 5.74) is 1.98. The summed E-state index contributed by atoms with van der Waals surface area (Å²) in [7, 11) is 0. The molecule has 0 amide bonds. The Kier molecular flexibility index (Phi) is 5.11. The molecule has 2 aromatic heterocycles. The van der Waals surface area contributed by atoms with E-state index in [0.29, 0.717) is 16.7 Å². The van der Waals surface area contributed by atoms with Crippen LogP contribution in [-0.2, 0) is 5.41 Å². The van der Waals surface area contributed by atoms with E-state index >= 15 is 0 Å². The Morgan fingerprint density at radius 3 is 2.48 bits per heavy atom. The van der Waals surface area contributed by atoms with E-state index in [2.05, 4.69) is 31.0 Å². The zero-order valence-electron chi connectivity index (χ0n) is 14.6. The number of ketones is 1. The maximum Gasteiger partial charge on any atom is 0.277 e. The quantitative estimate of drug-likeness (QED) is 0.440. The van der Waals surface area contributed by atoms with Gasteiger partial charge in [0.25, 0.3) is 11.1 Å². The second-order valence-corrected chi connectivity index (χ2v) is 9.04. The number of hydrogen-bond acceptors (Lipinski definition) is 6. The minimum Gasteiger partial charge on any atom is -0.410 e. The van der Waals surface area contributed by atoms with E-state index in [9.17, 15) is 4.79 Å². The van der Waals surface area contributed by atoms with Crippen LogP contribution in [0.4, 0.5) is 0 Å². The smallest absolute Gasteiger partial charge is 0.277 e. The average Bonchev–Trinajstić information content (AvgIpc) is 3.24. The molecule has 3 rings (SSSR count). The van der Waals surface area contributed by atoms with Crippen molar-refractivity contribution in [2.75, 3.05) is 0 Å². The second kappa shape index (κ2) is 7.14. The van der Waals surface area contributed by atoms with Gasteiger partial charge in [0, 0.05) is 5.56 Å². The molecule has 0 aliphatic carbocycles. The Balaban J connectivity index is 1.68. The first-order valence-corrected chi connectivity index (χ1v) is 9.79. The molecular formula is C19H20N2O2S2. The topological polar surface area (TPSA) is 56.0 Å². The monoisotopic (exact) mass is 372 g/mol. The summed E-state index contributed by atoms with van der Waals surface area (Å²) in [5.74, 6) is 0.549. The van der Waals surface area contributed by atoms with Crippen molar-refractivity contribution in [2.24, 2.45) is 0 Å². The zero-order valence-corrected chi connectivity index (χ0v) is 16.3. The van der Waals surface area contributed by atoms with Crippen LogP contribution in [0, 0.1) is 0 Å². The molecule has 0 fully saturated rings. The van der Waals surface area contributed by atoms with E-state index in [-0.39, 0.29) is 16.4 Å². The maximum absolute atomic E-state index is 12.6. The average molecular weight is 373 g/mol. The lowest BCUT2D eigenvalue weighted by molar-refractivity contribution is 0.0993. The van der Waals surface area contributed by atoms with E-state index in [0.717, 1.165) is 4.88 Å². The van der Waals surface area contributed by atoms with Gasteiger partial charge in [0.1, 0.15) is 0 Å². The van der Waals surface area contributed by atoms with Crippen LogP contribution in [0.2, 0.25) is 0 Å². The van der Waals surface area contributed by atoms with E-state index < -0.39 is 0 Å². The van der Waals surface area contributed by atoms with Crippen molar-refractivity contribution in [3.63, 3.8) is 0 Å². The van der Waals surface area contributed by atoms with Crippen LogP contribution in [0.15, 0.2) is 51.4 Å². The summed E-state index contributed by atoms with van der Waals surface area (Å²) in [6.07, 6.45) is 0. The van der Waals surface area contributed by atoms with Crippen molar-refractivity contribution < 1.29 is 9.21 Å². The molecule has 0 saturated heterocycles. The summed E-state index contributed by atoms with van der Waals surface area (Å²) in [4.78, 5) is 13.6. The summed E-state index contributed by atoms with van der Waals surface area (Å²) in [6.45, 7) is 8.33. The molecule has 0 saturated carbocycles. The highest BCUT2D eigenvalue weighted by Gasteiger charge is 2.21. The third kappa shape index (κ3) is 4.19. The lowest BCUT2D eigenvalue weighted by Crippen LogP contribution is -2.15. The fourth-order valence-corrected chi connectivity index (χ4v) is 3.74. The number of nitrogens with zero attached hydrogens (tertiary/aromatic N) is 2. The Bertz CT molecular complexity index is 846. The van der Waals surface area contributed by atoms with Crippen LogP contribution in [0.1, 0.15) is 43.6 Å². The lowest BCUT2D eigenvalue weighted by atomic mass is 9.86. The molecule has 0 radical (unpaired) electrons. The van der Waals surface area contributed by atoms with Gasteiger partial charge < -0.3 is 4.42 Å². The normalized spacial score (nSPS) is 13.0. The molecule has 0 bridgehead atoms. The number of thioether (sulfide) groups is 1. The Hall–Kier alpha value is -1.92. The molecule has 25 heavy (non-hydrogen) atoms. The molecular weight excluding hydrogens is 352 g/mol. The minimum absolute atomic E-state index is 0.0568. The number of hydrogen-bond donors (Lipinski definition) is 0. The van der Waals surface area contributed by atoms with Gasteiger partial charge in [0.05, 0.1) is 10.1 Å². The number of Topliss-reactive ketones (excluding diaryl/α,β-unsaturated/α-hetero) is 1. The predicted molar refractivity (Wildman–Crippen MR) is 102 cm³/mol. The van der Waals surface area contributed by atoms with E-state index in [4.69, 9.17) is 4.42 Å². The molecule has 1 unspecified atom stereocenters. The number of carbonyl (C=O) groups is 1. The molecule has 4 nitrogen and oxygen atoms in total. The summed E-state index contributed by atoms with van der Waals surface area (Å²) >= 11 is 2.83. The fraction of sp³-hybridized carbons (Fsp3) is 0.316. The summed E-state index contributed by atoms with van der Waals surface area (Å²) < 4.78 is 5.65. The van der Waals surface area contributed by atoms with Crippen molar-refractivity contribution in [1.29, 1.82) is 0 Å². The van der Waals surface area contributed by atoms with Crippen LogP contribution in [0.25, 0.3) is 10.8 Å². The lowest BCUT2D eigenvalue weighted by Gasteiger charge is -2.19. The molecule has 1 atom stereocenters. The standard InChI is InChI=1S/C19H20N2O2S2/c1-12(16(22)13-7-9-14(10-8-13)19(2,3)4)25-18-21-20-17(23-18)15-6-5-11-24-15/h5-12H,1-4H3. The number of thiophene rings is 1. The molecule has 6 heteroatoms. The highest BCUT2D eigenvalue weighted by molar-refractivity contribution is 8.00. The maximum atomic E-state index is 12.6. The highest BCUT2D eigenvalue weighted by atomic mass is 32.2. The van der Waals surface area contributed by atoms with Gasteiger partial charge in [-0.3, -0.25) is 4.79 Å². The SMILES string of the molecule is CC(Sc1nnc(-c2cccs2)o1)C(=O)c1ccc(C(C)(C)C)cc1. The number of benzene rings is 1. The van der Waals surface area contributed by atoms with Crippen LogP contribution in [0.5, 0.6) is 0 Å². The Morgan fingerprint density at radius 1 is 1.16 bits per heavy atom. The van der Waals surface area contributed by atoms with Gasteiger partial charge in [-0.1, -0.05) is 62.9 Å². The van der Waals surface area contributed by atoms with E-state index in [1.54, 1.807) is 11.3 Å². The first-order chi connectivity index (χ1) is 11.8. The molecule has 0 N–H and O–H groups in total. The zero-order chi connectivity index (χ0) is 18.0. The molecule has 1 aromatic carbocycles. The molecule has 2 heterocycles. The molecule has 0 aliphatic rings. The van der Waals surface area contributed by atoms with Crippen molar-refractivity contribution in [2.45, 2.75) is 43.6 Å². The Labute approximate surface area is 155 Å². The fourth-order valence-electron chi connectivity index (χ4n) is 2.33. The first-order valence-electron chi connectivity index (χ1n) is 8.03. The van der Waals surface area contributed by atoms with Gasteiger partial charge in [0.15, 0.2) is 5.78 Å². The molecule has 3 aromatic rings. The van der Waals surface area contributed by atoms with Crippen LogP contribution in [0.3, 0.4) is 0 Å². The number of aromatic nitrogens is 2. The number of carbonyl (C=O) groups excluding carboxylic acids is 1. The van der Waals surface area contributed by atoms with E-state index in [1.807, 2.05) is 48.7 Å². The van der Waals surface area contributed by atoms with Crippen LogP contribution >= 0.6 is 23.1 Å². The third-order valence-electron chi connectivity index (χ3n) is 3.82. The van der Waals surface area contributed by atoms with Crippen molar-refractivity contribution >= 4 is 28.9 Å². The van der Waals surface area contributed by atoms with E-state index in [1.165, 1.54) is 17.3 Å². The van der Waals surface area contributed by atoms with Crippen LogP contribution in [-0.4, -0.2) is 21.2 Å². The van der Waals surface area contributed by atoms with Crippen molar-refractivity contribution in [1.82, 2.24) is 10.2 Å². The van der Waals surface area contributed by atoms with Gasteiger partial charge in [0.2, 0.25) is 0 Å². The van der Waals surface area contributed by atoms with Gasteiger partial charge in [-0.2, -0.15) is 0 Å². The molecule has 0 spiro atoms. The molecule has 0 aliphatic heterocycles. The summed E-state index contributed by atoms with van der Waals surface area (Å²) in [5, 5.41) is 10.2. The largest absolute Gasteiger partial charge is 0.410 e. The number of rotatable bonds is 5. The minimum atomic E-state index is -0.294. The Morgan fingerprint density at radius 2 is 1.88 bits per heavy atom.